The number of hydrogen-bond acceptors (Lipinski definition) is 4. The normalized spacial score (nSPS) is 14.2. The average molecular weight is 279 g/mol. The molecule has 3 N–H and O–H groups in total. The second-order valence-electron chi connectivity index (χ2n) is 4.05. The second kappa shape index (κ2) is 5.47. The highest BCUT2D eigenvalue weighted by atomic mass is 19.1. The van der Waals surface area contributed by atoms with Gasteiger partial charge < -0.3 is 10.4 Å². The van der Waals surface area contributed by atoms with E-state index in [0.29, 0.717) is 0 Å². The third kappa shape index (κ3) is 2.97. The van der Waals surface area contributed by atoms with Crippen LogP contribution in [0.1, 0.15) is 23.2 Å². The van der Waals surface area contributed by atoms with Gasteiger partial charge in [-0.25, -0.2) is 14.6 Å². The Morgan fingerprint density at radius 3 is 2.65 bits per heavy atom. The van der Waals surface area contributed by atoms with Gasteiger partial charge in [0, 0.05) is 18.5 Å². The van der Waals surface area contributed by atoms with Crippen molar-refractivity contribution < 1.29 is 23.9 Å². The van der Waals surface area contributed by atoms with Crippen molar-refractivity contribution in [3.63, 3.8) is 0 Å². The lowest BCUT2D eigenvalue weighted by molar-refractivity contribution is -0.121. The van der Waals surface area contributed by atoms with Gasteiger partial charge in [-0.2, -0.15) is 5.10 Å². The summed E-state index contributed by atoms with van der Waals surface area (Å²) in [4.78, 5) is 33.3. The van der Waals surface area contributed by atoms with E-state index >= 15 is 0 Å². The minimum Gasteiger partial charge on any atom is -0.478 e. The number of nitrogens with one attached hydrogen (secondary N) is 2. The summed E-state index contributed by atoms with van der Waals surface area (Å²) in [6.07, 6.45) is 0.339. The van der Waals surface area contributed by atoms with E-state index in [1.165, 1.54) is 6.07 Å². The molecule has 8 heteroatoms. The first-order valence-corrected chi connectivity index (χ1v) is 5.67. The molecule has 0 unspecified atom stereocenters. The molecule has 7 nitrogen and oxygen atoms in total. The van der Waals surface area contributed by atoms with Gasteiger partial charge in [-0.3, -0.25) is 9.59 Å². The van der Waals surface area contributed by atoms with Crippen LogP contribution in [0.15, 0.2) is 23.3 Å². The summed E-state index contributed by atoms with van der Waals surface area (Å²) in [5.74, 6) is -3.19. The highest BCUT2D eigenvalue weighted by Gasteiger charge is 2.19. The number of carboxylic acid groups (broad SMARTS) is 1. The van der Waals surface area contributed by atoms with E-state index in [1.54, 1.807) is 0 Å². The predicted molar refractivity (Wildman–Crippen MR) is 66.8 cm³/mol. The van der Waals surface area contributed by atoms with Crippen LogP contribution in [-0.2, 0) is 9.59 Å². The van der Waals surface area contributed by atoms with Gasteiger partial charge in [0.2, 0.25) is 5.91 Å². The maximum atomic E-state index is 13.4. The van der Waals surface area contributed by atoms with Gasteiger partial charge in [-0.15, -0.1) is 0 Å². The summed E-state index contributed by atoms with van der Waals surface area (Å²) in [6, 6.07) is 3.23. The third-order valence-electron chi connectivity index (χ3n) is 2.62. The van der Waals surface area contributed by atoms with Gasteiger partial charge in [-0.1, -0.05) is 0 Å². The molecule has 2 rings (SSSR count). The summed E-state index contributed by atoms with van der Waals surface area (Å²) in [7, 11) is 0. The van der Waals surface area contributed by atoms with Gasteiger partial charge in [0.25, 0.3) is 5.91 Å². The molecule has 1 heterocycles. The van der Waals surface area contributed by atoms with Crippen molar-refractivity contribution in [1.29, 1.82) is 0 Å². The monoisotopic (exact) mass is 279 g/mol. The predicted octanol–water partition coefficient (Wildman–Crippen LogP) is 0.728. The van der Waals surface area contributed by atoms with Crippen molar-refractivity contribution in [3.8, 4) is 0 Å². The van der Waals surface area contributed by atoms with Crippen LogP contribution in [0.4, 0.5) is 10.1 Å². The summed E-state index contributed by atoms with van der Waals surface area (Å²) >= 11 is 0. The molecule has 1 aromatic rings. The van der Waals surface area contributed by atoms with Crippen molar-refractivity contribution in [2.45, 2.75) is 12.8 Å². The van der Waals surface area contributed by atoms with Crippen LogP contribution >= 0.6 is 0 Å². The number of halogens is 1. The van der Waals surface area contributed by atoms with Crippen LogP contribution in [0, 0.1) is 5.82 Å². The number of aromatic carboxylic acids is 1. The number of amides is 2. The van der Waals surface area contributed by atoms with Gasteiger partial charge in [0.15, 0.2) is 0 Å². The Morgan fingerprint density at radius 1 is 1.35 bits per heavy atom. The molecule has 2 amide bonds. The fourth-order valence-corrected chi connectivity index (χ4v) is 1.61. The van der Waals surface area contributed by atoms with Gasteiger partial charge in [0.05, 0.1) is 5.56 Å². The molecular formula is C12H10FN3O4. The molecule has 0 aromatic heterocycles. The SMILES string of the molecule is O=C1CCC(C(=O)Nc2ccc(C(=O)O)c(F)c2)=NN1. The average Bonchev–Trinajstić information content (AvgIpc) is 2.39. The molecule has 0 saturated heterocycles. The maximum Gasteiger partial charge on any atom is 0.338 e. The summed E-state index contributed by atoms with van der Waals surface area (Å²) in [5, 5.41) is 14.7. The molecular weight excluding hydrogens is 269 g/mol. The number of carboxylic acids is 1. The summed E-state index contributed by atoms with van der Waals surface area (Å²) in [6.45, 7) is 0. The molecule has 1 aromatic carbocycles. The molecule has 0 fully saturated rings. The molecule has 20 heavy (non-hydrogen) atoms. The van der Waals surface area contributed by atoms with Crippen molar-refractivity contribution in [3.05, 3.63) is 29.6 Å². The summed E-state index contributed by atoms with van der Waals surface area (Å²) in [5.41, 5.74) is 1.92. The summed E-state index contributed by atoms with van der Waals surface area (Å²) < 4.78 is 13.4. The minimum absolute atomic E-state index is 0.108. The van der Waals surface area contributed by atoms with Crippen LogP contribution in [0.2, 0.25) is 0 Å². The lowest BCUT2D eigenvalue weighted by atomic mass is 10.1. The fraction of sp³-hybridized carbons (Fsp3) is 0.167. The van der Waals surface area contributed by atoms with Crippen LogP contribution in [0.25, 0.3) is 0 Å². The van der Waals surface area contributed by atoms with Crippen LogP contribution in [0.5, 0.6) is 0 Å². The number of rotatable bonds is 3. The van der Waals surface area contributed by atoms with E-state index in [1.807, 2.05) is 0 Å². The zero-order valence-electron chi connectivity index (χ0n) is 10.1. The molecule has 0 aliphatic carbocycles. The van der Waals surface area contributed by atoms with Crippen LogP contribution in [-0.4, -0.2) is 28.6 Å². The number of anilines is 1. The number of carbonyl (C=O) groups is 3. The highest BCUT2D eigenvalue weighted by Crippen LogP contribution is 2.15. The van der Waals surface area contributed by atoms with E-state index < -0.39 is 23.3 Å². The Labute approximate surface area is 112 Å². The molecule has 0 radical (unpaired) electrons. The molecule has 0 spiro atoms. The highest BCUT2D eigenvalue weighted by molar-refractivity contribution is 6.43. The molecule has 1 aliphatic rings. The molecule has 0 saturated carbocycles. The number of hydrogen-bond donors (Lipinski definition) is 3. The Kier molecular flexibility index (Phi) is 3.74. The zero-order chi connectivity index (χ0) is 14.7. The lowest BCUT2D eigenvalue weighted by Gasteiger charge is -2.12. The van der Waals surface area contributed by atoms with E-state index in [2.05, 4.69) is 15.8 Å². The van der Waals surface area contributed by atoms with E-state index in [0.717, 1.165) is 12.1 Å². The minimum atomic E-state index is -1.39. The standard InChI is InChI=1S/C12H10FN3O4/c13-8-5-6(1-2-7(8)12(19)20)14-11(18)9-3-4-10(17)16-15-9/h1-2,5H,3-4H2,(H,14,18)(H,16,17)(H,19,20). The quantitative estimate of drug-likeness (QED) is 0.757. The molecule has 0 bridgehead atoms. The van der Waals surface area contributed by atoms with Crippen molar-refractivity contribution in [2.24, 2.45) is 5.10 Å². The van der Waals surface area contributed by atoms with Gasteiger partial charge >= 0.3 is 5.97 Å². The molecule has 0 atom stereocenters. The third-order valence-corrected chi connectivity index (χ3v) is 2.62. The lowest BCUT2D eigenvalue weighted by Crippen LogP contribution is -2.32. The smallest absolute Gasteiger partial charge is 0.338 e. The maximum absolute atomic E-state index is 13.4. The van der Waals surface area contributed by atoms with Crippen molar-refractivity contribution in [1.82, 2.24) is 5.43 Å². The van der Waals surface area contributed by atoms with E-state index in [4.69, 9.17) is 5.11 Å². The Morgan fingerprint density at radius 2 is 2.10 bits per heavy atom. The topological polar surface area (TPSA) is 108 Å². The zero-order valence-corrected chi connectivity index (χ0v) is 10.1. The Hall–Kier alpha value is -2.77. The number of hydrazone groups is 1. The van der Waals surface area contributed by atoms with E-state index in [9.17, 15) is 18.8 Å². The Bertz CT molecular complexity index is 627. The van der Waals surface area contributed by atoms with Crippen LogP contribution < -0.4 is 10.7 Å². The van der Waals surface area contributed by atoms with E-state index in [-0.39, 0.29) is 30.1 Å². The second-order valence-corrected chi connectivity index (χ2v) is 4.05. The number of benzene rings is 1. The first-order chi connectivity index (χ1) is 9.47. The van der Waals surface area contributed by atoms with Gasteiger partial charge in [0.1, 0.15) is 11.5 Å². The van der Waals surface area contributed by atoms with Crippen molar-refractivity contribution in [2.75, 3.05) is 5.32 Å². The van der Waals surface area contributed by atoms with Gasteiger partial charge in [-0.05, 0) is 18.2 Å². The largest absolute Gasteiger partial charge is 0.478 e. The Balaban J connectivity index is 2.10. The molecule has 104 valence electrons. The molecule has 1 aliphatic heterocycles. The number of carbonyl (C=O) groups excluding carboxylic acids is 2. The fourth-order valence-electron chi connectivity index (χ4n) is 1.61. The number of nitrogens with zero attached hydrogens (tertiary/aromatic N) is 1. The van der Waals surface area contributed by atoms with Crippen LogP contribution in [0.3, 0.4) is 0 Å². The first kappa shape index (κ1) is 13.7. The first-order valence-electron chi connectivity index (χ1n) is 5.67. The van der Waals surface area contributed by atoms with Crippen molar-refractivity contribution >= 4 is 29.2 Å².